The molecule has 0 fully saturated rings. The number of carboxylic acids is 1. The molecule has 0 unspecified atom stereocenters. The Kier molecular flexibility index (Phi) is 4.20. The van der Waals surface area contributed by atoms with E-state index in [-0.39, 0.29) is 23.2 Å². The van der Waals surface area contributed by atoms with Crippen molar-refractivity contribution in [2.75, 3.05) is 0 Å². The fraction of sp³-hybridized carbons (Fsp3) is 0.111. The lowest BCUT2D eigenvalue weighted by atomic mass is 10.1. The van der Waals surface area contributed by atoms with Crippen molar-refractivity contribution in [2.24, 2.45) is 0 Å². The summed E-state index contributed by atoms with van der Waals surface area (Å²) in [7, 11) is 0. The number of carbonyl (C=O) groups excluding carboxylic acids is 1. The molecule has 0 radical (unpaired) electrons. The van der Waals surface area contributed by atoms with Crippen molar-refractivity contribution in [3.63, 3.8) is 0 Å². The zero-order valence-electron chi connectivity index (χ0n) is 12.9. The molecule has 2 aromatic heterocycles. The van der Waals surface area contributed by atoms with Gasteiger partial charge in [0, 0.05) is 17.8 Å². The molecule has 0 aliphatic rings. The Bertz CT molecular complexity index is 910. The number of hydrogen-bond donors (Lipinski definition) is 2. The van der Waals surface area contributed by atoms with Crippen molar-refractivity contribution in [3.05, 3.63) is 71.7 Å². The molecule has 120 valence electrons. The average molecular weight is 321 g/mol. The van der Waals surface area contributed by atoms with Crippen LogP contribution in [0.15, 0.2) is 54.9 Å². The molecule has 0 spiro atoms. The molecule has 0 aliphatic carbocycles. The monoisotopic (exact) mass is 321 g/mol. The number of nitrogens with zero attached hydrogens (tertiary/aromatic N) is 2. The first-order chi connectivity index (χ1) is 11.5. The van der Waals surface area contributed by atoms with E-state index in [4.69, 9.17) is 5.11 Å². The SMILES string of the molecule is C[C@H](NC(=O)c1ccc2cc(C(=O)O)ccc2n1)c1cccnc1. The van der Waals surface area contributed by atoms with E-state index in [9.17, 15) is 9.59 Å². The molecule has 1 aromatic carbocycles. The van der Waals surface area contributed by atoms with E-state index in [1.165, 1.54) is 12.1 Å². The van der Waals surface area contributed by atoms with E-state index >= 15 is 0 Å². The lowest BCUT2D eigenvalue weighted by molar-refractivity contribution is 0.0696. The van der Waals surface area contributed by atoms with E-state index in [1.807, 2.05) is 19.1 Å². The van der Waals surface area contributed by atoms with Gasteiger partial charge in [-0.2, -0.15) is 0 Å². The third kappa shape index (κ3) is 3.22. The first-order valence-corrected chi connectivity index (χ1v) is 7.39. The number of carbonyl (C=O) groups is 2. The Morgan fingerprint density at radius 2 is 2.00 bits per heavy atom. The molecule has 0 aliphatic heterocycles. The van der Waals surface area contributed by atoms with Crippen LogP contribution in [0.1, 0.15) is 39.4 Å². The average Bonchev–Trinajstić information content (AvgIpc) is 2.61. The van der Waals surface area contributed by atoms with Gasteiger partial charge in [0.15, 0.2) is 0 Å². The number of aromatic carboxylic acids is 1. The Morgan fingerprint density at radius 1 is 1.17 bits per heavy atom. The summed E-state index contributed by atoms with van der Waals surface area (Å²) in [6.07, 6.45) is 3.38. The van der Waals surface area contributed by atoms with E-state index in [0.717, 1.165) is 5.56 Å². The molecule has 2 heterocycles. The normalized spacial score (nSPS) is 11.9. The number of rotatable bonds is 4. The second-order valence-electron chi connectivity index (χ2n) is 5.39. The van der Waals surface area contributed by atoms with Gasteiger partial charge in [-0.1, -0.05) is 12.1 Å². The first-order valence-electron chi connectivity index (χ1n) is 7.39. The van der Waals surface area contributed by atoms with Gasteiger partial charge >= 0.3 is 5.97 Å². The van der Waals surface area contributed by atoms with Crippen molar-refractivity contribution in [1.82, 2.24) is 15.3 Å². The summed E-state index contributed by atoms with van der Waals surface area (Å²) in [6, 6.07) is 11.4. The predicted octanol–water partition coefficient (Wildman–Crippen LogP) is 2.82. The summed E-state index contributed by atoms with van der Waals surface area (Å²) in [5, 5.41) is 12.5. The second kappa shape index (κ2) is 6.45. The van der Waals surface area contributed by atoms with Crippen LogP contribution in [0.3, 0.4) is 0 Å². The highest BCUT2D eigenvalue weighted by Crippen LogP contribution is 2.16. The summed E-state index contributed by atoms with van der Waals surface area (Å²) in [5.41, 5.74) is 1.94. The number of pyridine rings is 2. The van der Waals surface area contributed by atoms with Crippen LogP contribution in [-0.4, -0.2) is 27.0 Å². The molecule has 0 saturated heterocycles. The number of amides is 1. The third-order valence-electron chi connectivity index (χ3n) is 3.70. The van der Waals surface area contributed by atoms with E-state index in [2.05, 4.69) is 15.3 Å². The summed E-state index contributed by atoms with van der Waals surface area (Å²) >= 11 is 0. The maximum atomic E-state index is 12.4. The fourth-order valence-electron chi connectivity index (χ4n) is 2.37. The highest BCUT2D eigenvalue weighted by atomic mass is 16.4. The van der Waals surface area contributed by atoms with Crippen molar-refractivity contribution >= 4 is 22.8 Å². The molecule has 6 nitrogen and oxygen atoms in total. The van der Waals surface area contributed by atoms with Gasteiger partial charge in [0.2, 0.25) is 0 Å². The van der Waals surface area contributed by atoms with Gasteiger partial charge in [0.25, 0.3) is 5.91 Å². The van der Waals surface area contributed by atoms with E-state index < -0.39 is 5.97 Å². The van der Waals surface area contributed by atoms with Crippen LogP contribution >= 0.6 is 0 Å². The molecular formula is C18H15N3O3. The number of nitrogens with one attached hydrogen (secondary N) is 1. The number of hydrogen-bond acceptors (Lipinski definition) is 4. The molecule has 2 N–H and O–H groups in total. The van der Waals surface area contributed by atoms with Crippen LogP contribution in [0, 0.1) is 0 Å². The molecule has 1 amide bonds. The molecular weight excluding hydrogens is 306 g/mol. The van der Waals surface area contributed by atoms with Crippen molar-refractivity contribution in [3.8, 4) is 0 Å². The molecule has 0 saturated carbocycles. The second-order valence-corrected chi connectivity index (χ2v) is 5.39. The van der Waals surface area contributed by atoms with Crippen LogP contribution in [0.25, 0.3) is 10.9 Å². The summed E-state index contributed by atoms with van der Waals surface area (Å²) in [6.45, 7) is 1.87. The number of fused-ring (bicyclic) bond motifs is 1. The molecule has 24 heavy (non-hydrogen) atoms. The minimum absolute atomic E-state index is 0.187. The van der Waals surface area contributed by atoms with E-state index in [0.29, 0.717) is 10.9 Å². The highest BCUT2D eigenvalue weighted by molar-refractivity contribution is 5.97. The largest absolute Gasteiger partial charge is 0.478 e. The van der Waals surface area contributed by atoms with Gasteiger partial charge in [0.1, 0.15) is 5.69 Å². The quantitative estimate of drug-likeness (QED) is 0.771. The van der Waals surface area contributed by atoms with Gasteiger partial charge in [-0.05, 0) is 42.8 Å². The molecule has 3 aromatic rings. The summed E-state index contributed by atoms with van der Waals surface area (Å²) in [4.78, 5) is 31.7. The first kappa shape index (κ1) is 15.6. The van der Waals surface area contributed by atoms with Gasteiger partial charge in [-0.15, -0.1) is 0 Å². The summed E-state index contributed by atoms with van der Waals surface area (Å²) < 4.78 is 0. The number of benzene rings is 1. The molecule has 1 atom stereocenters. The fourth-order valence-corrected chi connectivity index (χ4v) is 2.37. The summed E-state index contributed by atoms with van der Waals surface area (Å²) in [5.74, 6) is -1.29. The molecule has 6 heteroatoms. The number of aromatic nitrogens is 2. The lowest BCUT2D eigenvalue weighted by Gasteiger charge is -2.13. The topological polar surface area (TPSA) is 92.2 Å². The highest BCUT2D eigenvalue weighted by Gasteiger charge is 2.13. The number of carboxylic acid groups (broad SMARTS) is 1. The maximum absolute atomic E-state index is 12.4. The van der Waals surface area contributed by atoms with Gasteiger partial charge in [0.05, 0.1) is 17.1 Å². The van der Waals surface area contributed by atoms with Gasteiger partial charge in [-0.25, -0.2) is 9.78 Å². The Hall–Kier alpha value is -3.28. The van der Waals surface area contributed by atoms with E-state index in [1.54, 1.807) is 30.6 Å². The van der Waals surface area contributed by atoms with Crippen LogP contribution in [-0.2, 0) is 0 Å². The lowest BCUT2D eigenvalue weighted by Crippen LogP contribution is -2.27. The Labute approximate surface area is 138 Å². The van der Waals surface area contributed by atoms with Crippen molar-refractivity contribution in [2.45, 2.75) is 13.0 Å². The third-order valence-corrected chi connectivity index (χ3v) is 3.70. The minimum atomic E-state index is -0.996. The minimum Gasteiger partial charge on any atom is -0.478 e. The van der Waals surface area contributed by atoms with Gasteiger partial charge in [-0.3, -0.25) is 9.78 Å². The van der Waals surface area contributed by atoms with Gasteiger partial charge < -0.3 is 10.4 Å². The molecule has 3 rings (SSSR count). The predicted molar refractivity (Wildman–Crippen MR) is 88.8 cm³/mol. The van der Waals surface area contributed by atoms with Crippen molar-refractivity contribution in [1.29, 1.82) is 0 Å². The van der Waals surface area contributed by atoms with Crippen LogP contribution in [0.2, 0.25) is 0 Å². The van der Waals surface area contributed by atoms with Crippen LogP contribution in [0.4, 0.5) is 0 Å². The Morgan fingerprint density at radius 3 is 2.71 bits per heavy atom. The van der Waals surface area contributed by atoms with Crippen molar-refractivity contribution < 1.29 is 14.7 Å². The van der Waals surface area contributed by atoms with Crippen LogP contribution in [0.5, 0.6) is 0 Å². The standard InChI is InChI=1S/C18H15N3O3/c1-11(14-3-2-8-19-10-14)20-17(22)16-7-4-12-9-13(18(23)24)5-6-15(12)21-16/h2-11H,1H3,(H,20,22)(H,23,24)/t11-/m0/s1. The zero-order valence-corrected chi connectivity index (χ0v) is 12.9. The zero-order chi connectivity index (χ0) is 17.1. The Balaban J connectivity index is 1.82. The molecule has 0 bridgehead atoms. The van der Waals surface area contributed by atoms with Crippen LogP contribution < -0.4 is 5.32 Å². The smallest absolute Gasteiger partial charge is 0.335 e. The maximum Gasteiger partial charge on any atom is 0.335 e.